The molecule has 1 aromatic rings. The molecule has 0 aromatic heterocycles. The lowest BCUT2D eigenvalue weighted by atomic mass is 10.1. The Hall–Kier alpha value is -2.35. The molecule has 1 saturated heterocycles. The molecule has 1 aliphatic heterocycles. The van der Waals surface area contributed by atoms with Gasteiger partial charge in [-0.15, -0.1) is 0 Å². The smallest absolute Gasteiger partial charge is 0.411 e. The molecule has 1 unspecified atom stereocenters. The highest BCUT2D eigenvalue weighted by Crippen LogP contribution is 2.33. The molecule has 1 heterocycles. The molecular weight excluding hydrogens is 350 g/mol. The summed E-state index contributed by atoms with van der Waals surface area (Å²) >= 11 is 5.81. The summed E-state index contributed by atoms with van der Waals surface area (Å²) in [5.41, 5.74) is -0.764. The molecule has 0 radical (unpaired) electrons. The normalized spacial score (nSPS) is 18.3. The van der Waals surface area contributed by atoms with Crippen molar-refractivity contribution in [3.63, 3.8) is 0 Å². The molecule has 2 rings (SSSR count). The van der Waals surface area contributed by atoms with Crippen molar-refractivity contribution in [3.05, 3.63) is 33.3 Å². The number of hydrogen-bond acceptors (Lipinski definition) is 5. The fourth-order valence-electron chi connectivity index (χ4n) is 2.55. The largest absolute Gasteiger partial charge is 0.444 e. The van der Waals surface area contributed by atoms with Gasteiger partial charge in [0.2, 0.25) is 5.91 Å². The standard InChI is InChI=1S/C16H20ClN3O5/c1-10-14(21)19(8-7-18(10)15(22)25-16(2,3)4)12-6-5-11(17)9-13(12)20(23)24/h5-6,9-10H,7-8H2,1-4H3. The number of nitro groups is 1. The summed E-state index contributed by atoms with van der Waals surface area (Å²) in [4.78, 5) is 38.2. The Morgan fingerprint density at radius 1 is 1.36 bits per heavy atom. The van der Waals surface area contributed by atoms with Crippen molar-refractivity contribution in [1.82, 2.24) is 4.90 Å². The molecule has 0 spiro atoms. The van der Waals surface area contributed by atoms with Crippen molar-refractivity contribution in [2.45, 2.75) is 39.3 Å². The van der Waals surface area contributed by atoms with Gasteiger partial charge in [-0.05, 0) is 39.8 Å². The topological polar surface area (TPSA) is 93.0 Å². The van der Waals surface area contributed by atoms with E-state index in [0.717, 1.165) is 0 Å². The molecule has 9 heteroatoms. The molecule has 25 heavy (non-hydrogen) atoms. The number of nitrogens with zero attached hydrogens (tertiary/aromatic N) is 3. The zero-order valence-electron chi connectivity index (χ0n) is 14.5. The Bertz CT molecular complexity index is 716. The SMILES string of the molecule is CC1C(=O)N(c2ccc(Cl)cc2[N+](=O)[O-])CCN1C(=O)OC(C)(C)C. The first-order valence-corrected chi connectivity index (χ1v) is 8.14. The summed E-state index contributed by atoms with van der Waals surface area (Å²) in [7, 11) is 0. The van der Waals surface area contributed by atoms with E-state index in [1.54, 1.807) is 27.7 Å². The Labute approximate surface area is 150 Å². The predicted octanol–water partition coefficient (Wildman–Crippen LogP) is 3.22. The minimum atomic E-state index is -0.793. The van der Waals surface area contributed by atoms with E-state index >= 15 is 0 Å². The molecule has 136 valence electrons. The quantitative estimate of drug-likeness (QED) is 0.589. The average molecular weight is 370 g/mol. The summed E-state index contributed by atoms with van der Waals surface area (Å²) in [5.74, 6) is -0.414. The second-order valence-electron chi connectivity index (χ2n) is 6.73. The van der Waals surface area contributed by atoms with Crippen LogP contribution in [0.15, 0.2) is 18.2 Å². The van der Waals surface area contributed by atoms with Gasteiger partial charge in [-0.2, -0.15) is 0 Å². The summed E-state index contributed by atoms with van der Waals surface area (Å²) in [6, 6.07) is 3.34. The molecule has 0 saturated carbocycles. The first-order chi connectivity index (χ1) is 11.5. The van der Waals surface area contributed by atoms with Crippen LogP contribution >= 0.6 is 11.6 Å². The van der Waals surface area contributed by atoms with E-state index in [4.69, 9.17) is 16.3 Å². The number of amides is 2. The lowest BCUT2D eigenvalue weighted by Gasteiger charge is -2.39. The third kappa shape index (κ3) is 4.19. The Morgan fingerprint density at radius 3 is 2.56 bits per heavy atom. The molecule has 1 aromatic carbocycles. The van der Waals surface area contributed by atoms with Gasteiger partial charge in [0.25, 0.3) is 5.69 Å². The number of hydrogen-bond donors (Lipinski definition) is 0. The van der Waals surface area contributed by atoms with Gasteiger partial charge in [-0.3, -0.25) is 19.8 Å². The molecule has 1 atom stereocenters. The molecule has 1 fully saturated rings. The maximum Gasteiger partial charge on any atom is 0.411 e. The third-order valence-corrected chi connectivity index (χ3v) is 3.94. The van der Waals surface area contributed by atoms with Crippen molar-refractivity contribution >= 4 is 35.0 Å². The van der Waals surface area contributed by atoms with E-state index < -0.39 is 28.6 Å². The molecule has 8 nitrogen and oxygen atoms in total. The monoisotopic (exact) mass is 369 g/mol. The highest BCUT2D eigenvalue weighted by Gasteiger charge is 2.38. The average Bonchev–Trinajstić information content (AvgIpc) is 2.48. The fraction of sp³-hybridized carbons (Fsp3) is 0.500. The number of anilines is 1. The van der Waals surface area contributed by atoms with E-state index in [9.17, 15) is 19.7 Å². The molecule has 2 amide bonds. The van der Waals surface area contributed by atoms with Gasteiger partial charge in [0.05, 0.1) is 4.92 Å². The van der Waals surface area contributed by atoms with Crippen molar-refractivity contribution in [1.29, 1.82) is 0 Å². The van der Waals surface area contributed by atoms with Crippen molar-refractivity contribution in [2.75, 3.05) is 18.0 Å². The first kappa shape index (κ1) is 19.0. The van der Waals surface area contributed by atoms with E-state index in [0.29, 0.717) is 0 Å². The van der Waals surface area contributed by atoms with Crippen LogP contribution in [0.4, 0.5) is 16.2 Å². The second kappa shape index (κ2) is 6.87. The lowest BCUT2D eigenvalue weighted by Crippen LogP contribution is -2.58. The molecular formula is C16H20ClN3O5. The fourth-order valence-corrected chi connectivity index (χ4v) is 2.72. The minimum absolute atomic E-state index is 0.130. The number of nitro benzene ring substituents is 1. The summed E-state index contributed by atoms with van der Waals surface area (Å²) < 4.78 is 5.31. The second-order valence-corrected chi connectivity index (χ2v) is 7.17. The third-order valence-electron chi connectivity index (χ3n) is 3.71. The van der Waals surface area contributed by atoms with Crippen molar-refractivity contribution in [2.24, 2.45) is 0 Å². The summed E-state index contributed by atoms with van der Waals surface area (Å²) in [6.07, 6.45) is -0.585. The van der Waals surface area contributed by atoms with E-state index in [2.05, 4.69) is 0 Å². The van der Waals surface area contributed by atoms with Crippen LogP contribution in [0.5, 0.6) is 0 Å². The van der Waals surface area contributed by atoms with Gasteiger partial charge >= 0.3 is 6.09 Å². The lowest BCUT2D eigenvalue weighted by molar-refractivity contribution is -0.384. The first-order valence-electron chi connectivity index (χ1n) is 7.76. The van der Waals surface area contributed by atoms with Crippen molar-refractivity contribution in [3.8, 4) is 0 Å². The summed E-state index contributed by atoms with van der Waals surface area (Å²) in [5, 5.41) is 11.5. The highest BCUT2D eigenvalue weighted by molar-refractivity contribution is 6.31. The van der Waals surface area contributed by atoms with E-state index in [1.165, 1.54) is 28.0 Å². The minimum Gasteiger partial charge on any atom is -0.444 e. The zero-order valence-corrected chi connectivity index (χ0v) is 15.2. The van der Waals surface area contributed by atoms with Crippen LogP contribution in [0.25, 0.3) is 0 Å². The van der Waals surface area contributed by atoms with Gasteiger partial charge in [0.1, 0.15) is 17.3 Å². The van der Waals surface area contributed by atoms with Crippen LogP contribution in [-0.2, 0) is 9.53 Å². The number of halogens is 1. The zero-order chi connectivity index (χ0) is 18.9. The number of piperazine rings is 1. The van der Waals surface area contributed by atoms with Crippen LogP contribution in [0, 0.1) is 10.1 Å². The molecule has 0 aliphatic carbocycles. The molecule has 1 aliphatic rings. The van der Waals surface area contributed by atoms with E-state index in [-0.39, 0.29) is 29.5 Å². The van der Waals surface area contributed by atoms with Crippen LogP contribution in [-0.4, -0.2) is 46.6 Å². The molecule has 0 bridgehead atoms. The number of rotatable bonds is 2. The van der Waals surface area contributed by atoms with Gasteiger partial charge in [0, 0.05) is 24.2 Å². The van der Waals surface area contributed by atoms with Crippen molar-refractivity contribution < 1.29 is 19.2 Å². The number of carbonyl (C=O) groups is 2. The maximum atomic E-state index is 12.7. The van der Waals surface area contributed by atoms with Crippen LogP contribution in [0.2, 0.25) is 5.02 Å². The number of benzene rings is 1. The van der Waals surface area contributed by atoms with Crippen LogP contribution in [0.3, 0.4) is 0 Å². The maximum absolute atomic E-state index is 12.7. The van der Waals surface area contributed by atoms with Crippen LogP contribution < -0.4 is 4.90 Å². The Balaban J connectivity index is 2.26. The van der Waals surface area contributed by atoms with E-state index in [1.807, 2.05) is 0 Å². The molecule has 0 N–H and O–H groups in total. The van der Waals surface area contributed by atoms with Gasteiger partial charge in [-0.1, -0.05) is 11.6 Å². The number of carbonyl (C=O) groups excluding carboxylic acids is 2. The highest BCUT2D eigenvalue weighted by atomic mass is 35.5. The Kier molecular flexibility index (Phi) is 5.22. The van der Waals surface area contributed by atoms with Crippen LogP contribution in [0.1, 0.15) is 27.7 Å². The summed E-state index contributed by atoms with van der Waals surface area (Å²) in [6.45, 7) is 7.13. The van der Waals surface area contributed by atoms with Gasteiger partial charge < -0.3 is 9.64 Å². The van der Waals surface area contributed by atoms with Gasteiger partial charge in [-0.25, -0.2) is 4.79 Å². The predicted molar refractivity (Wildman–Crippen MR) is 92.9 cm³/mol. The van der Waals surface area contributed by atoms with Gasteiger partial charge in [0.15, 0.2) is 0 Å². The number of ether oxygens (including phenoxy) is 1. The Morgan fingerprint density at radius 2 is 2.00 bits per heavy atom.